The van der Waals surface area contributed by atoms with Gasteiger partial charge in [-0.1, -0.05) is 194 Å². The van der Waals surface area contributed by atoms with Gasteiger partial charge >= 0.3 is 0 Å². The molecule has 11 rings (SSSR count). The van der Waals surface area contributed by atoms with Crippen LogP contribution >= 0.6 is 0 Å². The second kappa shape index (κ2) is 12.5. The summed E-state index contributed by atoms with van der Waals surface area (Å²) in [5.74, 6) is 0. The van der Waals surface area contributed by atoms with Crippen molar-refractivity contribution >= 4 is 0 Å². The molecule has 256 valence electrons. The number of hydrogen-bond donors (Lipinski definition) is 0. The van der Waals surface area contributed by atoms with Crippen LogP contribution in [0.3, 0.4) is 0 Å². The van der Waals surface area contributed by atoms with Crippen molar-refractivity contribution in [3.8, 4) is 78.1 Å². The van der Waals surface area contributed by atoms with Gasteiger partial charge in [-0.25, -0.2) is 4.98 Å². The van der Waals surface area contributed by atoms with Crippen LogP contribution < -0.4 is 0 Å². The van der Waals surface area contributed by atoms with E-state index < -0.39 is 0 Å². The predicted octanol–water partition coefficient (Wildman–Crippen LogP) is 13.8. The van der Waals surface area contributed by atoms with Crippen LogP contribution in [-0.4, -0.2) is 4.98 Å². The molecule has 9 aromatic rings. The minimum atomic E-state index is -0.339. The maximum Gasteiger partial charge on any atom is 0.0725 e. The van der Waals surface area contributed by atoms with Gasteiger partial charge in [0.05, 0.1) is 16.8 Å². The van der Waals surface area contributed by atoms with Gasteiger partial charge in [0.1, 0.15) is 0 Å². The molecule has 0 unspecified atom stereocenters. The molecule has 1 spiro atoms. The maximum absolute atomic E-state index is 5.14. The smallest absolute Gasteiger partial charge is 0.0725 e. The fourth-order valence-electron chi connectivity index (χ4n) is 9.20. The molecule has 1 nitrogen and oxygen atoms in total. The average Bonchev–Trinajstić information content (AvgIpc) is 3.74. The molecule has 1 heteroatoms. The van der Waals surface area contributed by atoms with Gasteiger partial charge < -0.3 is 0 Å². The SMILES string of the molecule is c1ccc(-c2cc(-c3ccccc3)nc(-c3ccc(-c4ccc(-c5ccc6c(c5)C5(c7ccccc7-c7ccccc75)c5ccccc5-6)cc4)cc3)c2)cc1. The first kappa shape index (κ1) is 31.4. The van der Waals surface area contributed by atoms with Crippen LogP contribution in [0.4, 0.5) is 0 Å². The van der Waals surface area contributed by atoms with E-state index in [9.17, 15) is 0 Å². The predicted molar refractivity (Wildman–Crippen MR) is 228 cm³/mol. The summed E-state index contributed by atoms with van der Waals surface area (Å²) in [6, 6.07) is 77.4. The Morgan fingerprint density at radius 1 is 0.236 bits per heavy atom. The summed E-state index contributed by atoms with van der Waals surface area (Å²) in [5, 5.41) is 0. The lowest BCUT2D eigenvalue weighted by Gasteiger charge is -2.30. The average molecular weight is 698 g/mol. The summed E-state index contributed by atoms with van der Waals surface area (Å²) >= 11 is 0. The van der Waals surface area contributed by atoms with E-state index in [1.165, 1.54) is 72.3 Å². The highest BCUT2D eigenvalue weighted by Crippen LogP contribution is 2.63. The van der Waals surface area contributed by atoms with E-state index in [0.29, 0.717) is 0 Å². The van der Waals surface area contributed by atoms with Gasteiger partial charge in [-0.15, -0.1) is 0 Å². The number of rotatable bonds is 5. The minimum Gasteiger partial charge on any atom is -0.248 e. The summed E-state index contributed by atoms with van der Waals surface area (Å²) in [5.41, 5.74) is 21.7. The first-order chi connectivity index (χ1) is 27.3. The molecule has 8 aromatic carbocycles. The highest BCUT2D eigenvalue weighted by atomic mass is 14.7. The number of fused-ring (bicyclic) bond motifs is 10. The number of hydrogen-bond acceptors (Lipinski definition) is 1. The minimum absolute atomic E-state index is 0.339. The molecule has 0 atom stereocenters. The van der Waals surface area contributed by atoms with Gasteiger partial charge in [0.15, 0.2) is 0 Å². The second-order valence-corrected chi connectivity index (χ2v) is 14.7. The van der Waals surface area contributed by atoms with Crippen LogP contribution in [0.25, 0.3) is 78.1 Å². The molecule has 55 heavy (non-hydrogen) atoms. The fourth-order valence-corrected chi connectivity index (χ4v) is 9.20. The van der Waals surface area contributed by atoms with Crippen molar-refractivity contribution in [2.24, 2.45) is 0 Å². The van der Waals surface area contributed by atoms with E-state index in [1.54, 1.807) is 0 Å². The molecule has 0 bridgehead atoms. The van der Waals surface area contributed by atoms with Crippen LogP contribution in [0.5, 0.6) is 0 Å². The number of benzene rings is 8. The van der Waals surface area contributed by atoms with E-state index in [1.807, 2.05) is 6.07 Å². The van der Waals surface area contributed by atoms with Gasteiger partial charge in [0, 0.05) is 11.1 Å². The number of nitrogens with zero attached hydrogens (tertiary/aromatic N) is 1. The molecule has 2 aliphatic rings. The van der Waals surface area contributed by atoms with Crippen LogP contribution in [-0.2, 0) is 5.41 Å². The van der Waals surface area contributed by atoms with Crippen LogP contribution in [0, 0.1) is 0 Å². The Morgan fingerprint density at radius 2 is 0.582 bits per heavy atom. The second-order valence-electron chi connectivity index (χ2n) is 14.7. The van der Waals surface area contributed by atoms with Gasteiger partial charge in [-0.05, 0) is 96.1 Å². The third-order valence-electron chi connectivity index (χ3n) is 11.7. The Kier molecular flexibility index (Phi) is 7.15. The van der Waals surface area contributed by atoms with Crippen molar-refractivity contribution in [2.45, 2.75) is 5.41 Å². The maximum atomic E-state index is 5.14. The Bertz CT molecular complexity index is 2770. The zero-order valence-corrected chi connectivity index (χ0v) is 30.2. The molecule has 0 saturated heterocycles. The molecule has 1 heterocycles. The Balaban J connectivity index is 0.947. The molecular formula is C54H35N. The lowest BCUT2D eigenvalue weighted by molar-refractivity contribution is 0.794. The Hall–Kier alpha value is -7.09. The Morgan fingerprint density at radius 3 is 1.09 bits per heavy atom. The Labute approximate surface area is 321 Å². The van der Waals surface area contributed by atoms with Crippen molar-refractivity contribution in [3.05, 3.63) is 235 Å². The molecule has 0 amide bonds. The molecule has 2 aliphatic carbocycles. The number of pyridine rings is 1. The lowest BCUT2D eigenvalue weighted by atomic mass is 9.70. The van der Waals surface area contributed by atoms with Gasteiger partial charge in [0.2, 0.25) is 0 Å². The molecule has 0 radical (unpaired) electrons. The summed E-state index contributed by atoms with van der Waals surface area (Å²) in [4.78, 5) is 5.14. The molecule has 0 fully saturated rings. The van der Waals surface area contributed by atoms with E-state index >= 15 is 0 Å². The summed E-state index contributed by atoms with van der Waals surface area (Å²) in [6.07, 6.45) is 0. The zero-order valence-electron chi connectivity index (χ0n) is 30.2. The first-order valence-corrected chi connectivity index (χ1v) is 19.0. The largest absolute Gasteiger partial charge is 0.248 e. The van der Waals surface area contributed by atoms with Gasteiger partial charge in [0.25, 0.3) is 0 Å². The summed E-state index contributed by atoms with van der Waals surface area (Å²) in [7, 11) is 0. The van der Waals surface area contributed by atoms with Crippen LogP contribution in [0.1, 0.15) is 22.3 Å². The van der Waals surface area contributed by atoms with Gasteiger partial charge in [-0.3, -0.25) is 0 Å². The fraction of sp³-hybridized carbons (Fsp3) is 0.0185. The van der Waals surface area contributed by atoms with Crippen molar-refractivity contribution in [1.29, 1.82) is 0 Å². The van der Waals surface area contributed by atoms with E-state index in [-0.39, 0.29) is 5.41 Å². The molecule has 0 aliphatic heterocycles. The quantitative estimate of drug-likeness (QED) is 0.174. The normalized spacial score (nSPS) is 12.9. The highest BCUT2D eigenvalue weighted by molar-refractivity contribution is 5.96. The molecule has 1 aromatic heterocycles. The molecular weight excluding hydrogens is 663 g/mol. The zero-order chi connectivity index (χ0) is 36.3. The van der Waals surface area contributed by atoms with Gasteiger partial charge in [-0.2, -0.15) is 0 Å². The number of aromatic nitrogens is 1. The van der Waals surface area contributed by atoms with E-state index in [2.05, 4.69) is 206 Å². The van der Waals surface area contributed by atoms with E-state index in [4.69, 9.17) is 4.98 Å². The third-order valence-corrected chi connectivity index (χ3v) is 11.7. The first-order valence-electron chi connectivity index (χ1n) is 19.0. The lowest BCUT2D eigenvalue weighted by Crippen LogP contribution is -2.25. The van der Waals surface area contributed by atoms with Crippen molar-refractivity contribution < 1.29 is 0 Å². The monoisotopic (exact) mass is 697 g/mol. The highest BCUT2D eigenvalue weighted by Gasteiger charge is 2.51. The molecule has 0 saturated carbocycles. The van der Waals surface area contributed by atoms with Crippen molar-refractivity contribution in [1.82, 2.24) is 4.98 Å². The summed E-state index contributed by atoms with van der Waals surface area (Å²) < 4.78 is 0. The standard InChI is InChI=1S/C54H35N/c1-3-13-36(14-4-1)43-34-52(40-15-5-2-6-16-40)55-53(35-43)41-29-27-38(28-30-41)37-23-25-39(26-24-37)42-31-32-47-46-19-9-12-22-50(46)54(51(47)33-42)48-20-10-7-17-44(48)45-18-8-11-21-49(45)54/h1-35H. The van der Waals surface area contributed by atoms with Crippen LogP contribution in [0.15, 0.2) is 212 Å². The third kappa shape index (κ3) is 4.90. The van der Waals surface area contributed by atoms with Crippen LogP contribution in [0.2, 0.25) is 0 Å². The summed E-state index contributed by atoms with van der Waals surface area (Å²) in [6.45, 7) is 0. The topological polar surface area (TPSA) is 12.9 Å². The molecule has 0 N–H and O–H groups in total. The van der Waals surface area contributed by atoms with Crippen molar-refractivity contribution in [3.63, 3.8) is 0 Å². The van der Waals surface area contributed by atoms with Crippen molar-refractivity contribution in [2.75, 3.05) is 0 Å². The van der Waals surface area contributed by atoms with E-state index in [0.717, 1.165) is 28.1 Å².